The van der Waals surface area contributed by atoms with Gasteiger partial charge in [-0.1, -0.05) is 0 Å². The zero-order valence-electron chi connectivity index (χ0n) is 9.90. The summed E-state index contributed by atoms with van der Waals surface area (Å²) in [6, 6.07) is 5.93. The Hall–Kier alpha value is -1.55. The Labute approximate surface area is 95.0 Å². The first kappa shape index (κ1) is 11.0. The molecule has 2 rings (SSSR count). The van der Waals surface area contributed by atoms with E-state index in [9.17, 15) is 0 Å². The van der Waals surface area contributed by atoms with Gasteiger partial charge in [-0.2, -0.15) is 0 Å². The highest BCUT2D eigenvalue weighted by atomic mass is 16.5. The molecule has 1 aromatic carbocycles. The molecule has 4 heteroatoms. The molecule has 2 aromatic rings. The smallest absolute Gasteiger partial charge is 0.123 e. The van der Waals surface area contributed by atoms with Crippen molar-refractivity contribution in [3.63, 3.8) is 0 Å². The fourth-order valence-electron chi connectivity index (χ4n) is 1.76. The molecule has 4 nitrogen and oxygen atoms in total. The number of hydrogen-bond donors (Lipinski definition) is 1. The van der Waals surface area contributed by atoms with E-state index in [1.54, 1.807) is 0 Å². The van der Waals surface area contributed by atoms with Crippen molar-refractivity contribution in [2.45, 2.75) is 26.5 Å². The van der Waals surface area contributed by atoms with E-state index in [4.69, 9.17) is 10.5 Å². The molecule has 0 bridgehead atoms. The molecule has 0 spiro atoms. The number of rotatable bonds is 3. The minimum Gasteiger partial charge on any atom is -0.491 e. The molecule has 16 heavy (non-hydrogen) atoms. The third-order valence-corrected chi connectivity index (χ3v) is 2.50. The Balaban J connectivity index is 2.46. The largest absolute Gasteiger partial charge is 0.491 e. The lowest BCUT2D eigenvalue weighted by Crippen LogP contribution is -2.05. The topological polar surface area (TPSA) is 53.1 Å². The summed E-state index contributed by atoms with van der Waals surface area (Å²) in [5.74, 6) is 1.74. The molecule has 0 fully saturated rings. The Kier molecular flexibility index (Phi) is 2.83. The SMILES string of the molecule is CC(C)Oc1ccc2c(c1)nc(CN)n2C. The van der Waals surface area contributed by atoms with Gasteiger partial charge in [-0.15, -0.1) is 0 Å². The maximum atomic E-state index is 5.62. The average molecular weight is 219 g/mol. The fourth-order valence-corrected chi connectivity index (χ4v) is 1.76. The molecule has 0 radical (unpaired) electrons. The van der Waals surface area contributed by atoms with E-state index in [2.05, 4.69) is 4.98 Å². The Morgan fingerprint density at radius 2 is 2.19 bits per heavy atom. The van der Waals surface area contributed by atoms with Crippen LogP contribution in [0.5, 0.6) is 5.75 Å². The van der Waals surface area contributed by atoms with Crippen molar-refractivity contribution in [1.82, 2.24) is 9.55 Å². The Morgan fingerprint density at radius 3 is 2.81 bits per heavy atom. The molecule has 0 aliphatic heterocycles. The molecule has 0 unspecified atom stereocenters. The molecule has 0 saturated heterocycles. The van der Waals surface area contributed by atoms with E-state index in [1.807, 2.05) is 43.7 Å². The van der Waals surface area contributed by atoms with Crippen molar-refractivity contribution in [3.05, 3.63) is 24.0 Å². The second-order valence-corrected chi connectivity index (χ2v) is 4.11. The van der Waals surface area contributed by atoms with Crippen molar-refractivity contribution in [1.29, 1.82) is 0 Å². The lowest BCUT2D eigenvalue weighted by molar-refractivity contribution is 0.242. The average Bonchev–Trinajstić information content (AvgIpc) is 2.54. The number of benzene rings is 1. The number of imidazole rings is 1. The van der Waals surface area contributed by atoms with E-state index in [0.29, 0.717) is 6.54 Å². The first-order valence-corrected chi connectivity index (χ1v) is 5.44. The molecule has 86 valence electrons. The highest BCUT2D eigenvalue weighted by Gasteiger charge is 2.07. The predicted octanol–water partition coefficient (Wildman–Crippen LogP) is 1.82. The van der Waals surface area contributed by atoms with Crippen LogP contribution in [-0.2, 0) is 13.6 Å². The summed E-state index contributed by atoms with van der Waals surface area (Å²) in [6.07, 6.45) is 0.176. The van der Waals surface area contributed by atoms with Gasteiger partial charge in [0.25, 0.3) is 0 Å². The van der Waals surface area contributed by atoms with Crippen LogP contribution < -0.4 is 10.5 Å². The molecule has 0 amide bonds. The number of fused-ring (bicyclic) bond motifs is 1. The van der Waals surface area contributed by atoms with Crippen molar-refractivity contribution >= 4 is 11.0 Å². The molecule has 1 aromatic heterocycles. The molecule has 0 aliphatic carbocycles. The molecule has 0 aliphatic rings. The Bertz CT molecular complexity index is 502. The normalized spacial score (nSPS) is 11.3. The van der Waals surface area contributed by atoms with E-state index in [0.717, 1.165) is 22.6 Å². The van der Waals surface area contributed by atoms with Crippen molar-refractivity contribution in [2.24, 2.45) is 12.8 Å². The summed E-state index contributed by atoms with van der Waals surface area (Å²) in [6.45, 7) is 4.47. The number of aryl methyl sites for hydroxylation is 1. The van der Waals surface area contributed by atoms with E-state index in [1.165, 1.54) is 0 Å². The molecule has 1 heterocycles. The van der Waals surface area contributed by atoms with E-state index >= 15 is 0 Å². The van der Waals surface area contributed by atoms with Crippen LogP contribution in [0.15, 0.2) is 18.2 Å². The quantitative estimate of drug-likeness (QED) is 0.856. The minimum absolute atomic E-state index is 0.176. The van der Waals surface area contributed by atoms with Gasteiger partial charge in [0, 0.05) is 13.1 Å². The number of hydrogen-bond acceptors (Lipinski definition) is 3. The number of aromatic nitrogens is 2. The van der Waals surface area contributed by atoms with Crippen molar-refractivity contribution < 1.29 is 4.74 Å². The van der Waals surface area contributed by atoms with Gasteiger partial charge >= 0.3 is 0 Å². The Morgan fingerprint density at radius 1 is 1.44 bits per heavy atom. The van der Waals surface area contributed by atoms with Crippen LogP contribution >= 0.6 is 0 Å². The lowest BCUT2D eigenvalue weighted by Gasteiger charge is -2.09. The van der Waals surface area contributed by atoms with Crippen LogP contribution in [0.4, 0.5) is 0 Å². The van der Waals surface area contributed by atoms with Gasteiger partial charge in [0.2, 0.25) is 0 Å². The third kappa shape index (κ3) is 1.88. The maximum Gasteiger partial charge on any atom is 0.123 e. The van der Waals surface area contributed by atoms with Crippen LogP contribution in [0, 0.1) is 0 Å². The van der Waals surface area contributed by atoms with Gasteiger partial charge in [-0.05, 0) is 26.0 Å². The number of nitrogens with two attached hydrogens (primary N) is 1. The van der Waals surface area contributed by atoms with Gasteiger partial charge in [0.1, 0.15) is 11.6 Å². The lowest BCUT2D eigenvalue weighted by atomic mass is 10.3. The summed E-state index contributed by atoms with van der Waals surface area (Å²) in [5, 5.41) is 0. The molecular formula is C12H17N3O. The molecular weight excluding hydrogens is 202 g/mol. The molecule has 2 N–H and O–H groups in total. The van der Waals surface area contributed by atoms with E-state index < -0.39 is 0 Å². The van der Waals surface area contributed by atoms with Crippen LogP contribution in [0.3, 0.4) is 0 Å². The van der Waals surface area contributed by atoms with Gasteiger partial charge in [0.05, 0.1) is 23.7 Å². The van der Waals surface area contributed by atoms with Crippen LogP contribution in [0.25, 0.3) is 11.0 Å². The second-order valence-electron chi connectivity index (χ2n) is 4.11. The number of nitrogens with zero attached hydrogens (tertiary/aromatic N) is 2. The number of ether oxygens (including phenoxy) is 1. The van der Waals surface area contributed by atoms with Gasteiger partial charge in [0.15, 0.2) is 0 Å². The predicted molar refractivity (Wildman–Crippen MR) is 64.4 cm³/mol. The minimum atomic E-state index is 0.176. The first-order valence-electron chi connectivity index (χ1n) is 5.44. The maximum absolute atomic E-state index is 5.62. The third-order valence-electron chi connectivity index (χ3n) is 2.50. The summed E-state index contributed by atoms with van der Waals surface area (Å²) in [5.41, 5.74) is 7.63. The zero-order chi connectivity index (χ0) is 11.7. The van der Waals surface area contributed by atoms with Crippen molar-refractivity contribution in [3.8, 4) is 5.75 Å². The summed E-state index contributed by atoms with van der Waals surface area (Å²) >= 11 is 0. The molecule has 0 atom stereocenters. The van der Waals surface area contributed by atoms with Gasteiger partial charge < -0.3 is 15.0 Å². The summed E-state index contributed by atoms with van der Waals surface area (Å²) < 4.78 is 7.63. The van der Waals surface area contributed by atoms with Crippen LogP contribution in [-0.4, -0.2) is 15.7 Å². The van der Waals surface area contributed by atoms with Gasteiger partial charge in [-0.3, -0.25) is 0 Å². The first-order chi connectivity index (χ1) is 7.61. The van der Waals surface area contributed by atoms with E-state index in [-0.39, 0.29) is 6.10 Å². The highest BCUT2D eigenvalue weighted by Crippen LogP contribution is 2.21. The zero-order valence-corrected chi connectivity index (χ0v) is 9.90. The second kappa shape index (κ2) is 4.14. The molecule has 0 saturated carbocycles. The summed E-state index contributed by atoms with van der Waals surface area (Å²) in [7, 11) is 1.97. The highest BCUT2D eigenvalue weighted by molar-refractivity contribution is 5.77. The van der Waals surface area contributed by atoms with Crippen LogP contribution in [0.1, 0.15) is 19.7 Å². The van der Waals surface area contributed by atoms with Crippen molar-refractivity contribution in [2.75, 3.05) is 0 Å². The van der Waals surface area contributed by atoms with Gasteiger partial charge in [-0.25, -0.2) is 4.98 Å². The summed E-state index contributed by atoms with van der Waals surface area (Å²) in [4.78, 5) is 4.46. The van der Waals surface area contributed by atoms with Crippen LogP contribution in [0.2, 0.25) is 0 Å². The monoisotopic (exact) mass is 219 g/mol. The fraction of sp³-hybridized carbons (Fsp3) is 0.417. The standard InChI is InChI=1S/C12H17N3O/c1-8(2)16-9-4-5-11-10(6-9)14-12(7-13)15(11)3/h4-6,8H,7,13H2,1-3H3.